The predicted molar refractivity (Wildman–Crippen MR) is 137 cm³/mol. The van der Waals surface area contributed by atoms with Crippen molar-refractivity contribution >= 4 is 17.8 Å². The number of aliphatic imine (C=N–C) groups is 1. The van der Waals surface area contributed by atoms with E-state index in [1.807, 2.05) is 65.0 Å². The van der Waals surface area contributed by atoms with Gasteiger partial charge in [-0.2, -0.15) is 0 Å². The molecule has 0 bridgehead atoms. The van der Waals surface area contributed by atoms with Crippen LogP contribution < -0.4 is 15.8 Å². The van der Waals surface area contributed by atoms with Crippen molar-refractivity contribution in [3.05, 3.63) is 59.4 Å². The number of pyridine rings is 1. The van der Waals surface area contributed by atoms with E-state index in [1.165, 1.54) is 0 Å². The number of aromatic nitrogens is 1. The lowest BCUT2D eigenvalue weighted by atomic mass is 9.89. The highest BCUT2D eigenvalue weighted by molar-refractivity contribution is 5.99. The van der Waals surface area contributed by atoms with Crippen molar-refractivity contribution in [3.8, 4) is 5.75 Å². The summed E-state index contributed by atoms with van der Waals surface area (Å²) in [6.45, 7) is 9.92. The van der Waals surface area contributed by atoms with Gasteiger partial charge >= 0.3 is 0 Å². The highest BCUT2D eigenvalue weighted by Gasteiger charge is 2.53. The first-order valence-electron chi connectivity index (χ1n) is 12.6. The Morgan fingerprint density at radius 3 is 2.72 bits per heavy atom. The smallest absolute Gasteiger partial charge is 0.232 e. The van der Waals surface area contributed by atoms with E-state index in [1.54, 1.807) is 17.3 Å². The van der Waals surface area contributed by atoms with Crippen molar-refractivity contribution in [2.24, 2.45) is 22.6 Å². The minimum atomic E-state index is -0.543. The van der Waals surface area contributed by atoms with Crippen molar-refractivity contribution in [3.63, 3.8) is 0 Å². The van der Waals surface area contributed by atoms with E-state index in [-0.39, 0.29) is 48.1 Å². The molecule has 1 saturated carbocycles. The number of ether oxygens (including phenoxy) is 1. The number of hydrogen-bond acceptors (Lipinski definition) is 6. The molecule has 1 aromatic heterocycles. The quantitative estimate of drug-likeness (QED) is 0.664. The van der Waals surface area contributed by atoms with E-state index in [0.717, 1.165) is 22.4 Å². The molecule has 4 atom stereocenters. The number of carbonyl (C=O) groups is 2. The van der Waals surface area contributed by atoms with Gasteiger partial charge in [0.2, 0.25) is 11.8 Å². The van der Waals surface area contributed by atoms with Gasteiger partial charge in [0.05, 0.1) is 24.0 Å². The van der Waals surface area contributed by atoms with E-state index in [9.17, 15) is 9.59 Å². The summed E-state index contributed by atoms with van der Waals surface area (Å²) in [4.78, 5) is 37.2. The molecule has 2 unspecified atom stereocenters. The van der Waals surface area contributed by atoms with E-state index in [2.05, 4.69) is 15.3 Å². The average molecular weight is 490 g/mol. The fourth-order valence-electron chi connectivity index (χ4n) is 5.65. The maximum absolute atomic E-state index is 13.5. The summed E-state index contributed by atoms with van der Waals surface area (Å²) < 4.78 is 6.20. The van der Waals surface area contributed by atoms with Gasteiger partial charge in [-0.05, 0) is 70.2 Å². The third kappa shape index (κ3) is 4.68. The van der Waals surface area contributed by atoms with Gasteiger partial charge in [-0.25, -0.2) is 4.99 Å². The van der Waals surface area contributed by atoms with Gasteiger partial charge in [-0.3, -0.25) is 19.5 Å². The molecule has 8 heteroatoms. The first-order chi connectivity index (χ1) is 16.9. The molecule has 5 rings (SSSR count). The largest absolute Gasteiger partial charge is 0.487 e. The van der Waals surface area contributed by atoms with Crippen LogP contribution in [0.1, 0.15) is 75.7 Å². The second-order valence-corrected chi connectivity index (χ2v) is 11.6. The zero-order chi connectivity index (χ0) is 25.8. The molecule has 3 heterocycles. The van der Waals surface area contributed by atoms with Crippen LogP contribution in [0.2, 0.25) is 0 Å². The number of nitrogens with one attached hydrogen (secondary N) is 1. The summed E-state index contributed by atoms with van der Waals surface area (Å²) in [5, 5.41) is 3.29. The number of benzene rings is 1. The molecule has 1 fully saturated rings. The lowest BCUT2D eigenvalue weighted by Gasteiger charge is -2.39. The van der Waals surface area contributed by atoms with E-state index in [0.29, 0.717) is 12.8 Å². The Kier molecular flexibility index (Phi) is 5.80. The van der Waals surface area contributed by atoms with Crippen LogP contribution in [-0.2, 0) is 9.59 Å². The van der Waals surface area contributed by atoms with Crippen molar-refractivity contribution in [1.82, 2.24) is 15.2 Å². The lowest BCUT2D eigenvalue weighted by molar-refractivity contribution is -0.132. The Balaban J connectivity index is 1.39. The standard InChI is InChI=1S/C28H35N5O3/c1-16-8-9-18-21(13-28(4,5)36-22(18)11-16)31-25(35)20-12-19(20)24(17-7-6-10-30-15-17)33-23(34)14-27(2,3)32-26(33)29/h6-11,15,19-21,24H,12-14H2,1-5H3,(H2,29,32)(H,31,35)/t19-,20?,21?,24+/m0/s1. The molecule has 190 valence electrons. The molecule has 8 nitrogen and oxygen atoms in total. The summed E-state index contributed by atoms with van der Waals surface area (Å²) in [6.07, 6.45) is 5.05. The second-order valence-electron chi connectivity index (χ2n) is 11.6. The third-order valence-corrected chi connectivity index (χ3v) is 7.35. The topological polar surface area (TPSA) is 110 Å². The van der Waals surface area contributed by atoms with Gasteiger partial charge in [-0.1, -0.05) is 18.2 Å². The summed E-state index contributed by atoms with van der Waals surface area (Å²) >= 11 is 0. The van der Waals surface area contributed by atoms with Crippen LogP contribution >= 0.6 is 0 Å². The highest BCUT2D eigenvalue weighted by Crippen LogP contribution is 2.51. The number of amides is 2. The molecule has 0 saturated heterocycles. The maximum atomic E-state index is 13.5. The van der Waals surface area contributed by atoms with E-state index >= 15 is 0 Å². The van der Waals surface area contributed by atoms with Gasteiger partial charge in [-0.15, -0.1) is 0 Å². The van der Waals surface area contributed by atoms with Crippen LogP contribution in [0.4, 0.5) is 0 Å². The van der Waals surface area contributed by atoms with E-state index in [4.69, 9.17) is 10.5 Å². The Hall–Kier alpha value is -3.42. The van der Waals surface area contributed by atoms with Crippen molar-refractivity contribution < 1.29 is 14.3 Å². The van der Waals surface area contributed by atoms with Crippen molar-refractivity contribution in [2.45, 2.75) is 77.1 Å². The monoisotopic (exact) mass is 489 g/mol. The third-order valence-electron chi connectivity index (χ3n) is 7.35. The van der Waals surface area contributed by atoms with Gasteiger partial charge in [0, 0.05) is 30.3 Å². The summed E-state index contributed by atoms with van der Waals surface area (Å²) in [6, 6.07) is 9.36. The molecule has 1 aliphatic carbocycles. The van der Waals surface area contributed by atoms with Crippen molar-refractivity contribution in [2.75, 3.05) is 0 Å². The molecule has 2 aliphatic heterocycles. The molecule has 36 heavy (non-hydrogen) atoms. The molecular formula is C28H35N5O3. The number of carbonyl (C=O) groups excluding carboxylic acids is 2. The predicted octanol–water partition coefficient (Wildman–Crippen LogP) is 3.81. The summed E-state index contributed by atoms with van der Waals surface area (Å²) in [7, 11) is 0. The Morgan fingerprint density at radius 1 is 1.25 bits per heavy atom. The van der Waals surface area contributed by atoms with Crippen LogP contribution in [0.3, 0.4) is 0 Å². The van der Waals surface area contributed by atoms with Gasteiger partial charge in [0.15, 0.2) is 5.96 Å². The number of guanidine groups is 1. The van der Waals surface area contributed by atoms with Crippen LogP contribution in [0, 0.1) is 18.8 Å². The molecule has 2 aromatic rings. The van der Waals surface area contributed by atoms with Crippen LogP contribution in [0.15, 0.2) is 47.7 Å². The Morgan fingerprint density at radius 2 is 2.03 bits per heavy atom. The Labute approximate surface area is 212 Å². The summed E-state index contributed by atoms with van der Waals surface area (Å²) in [5.74, 6) is 0.629. The molecule has 0 spiro atoms. The molecule has 3 N–H and O–H groups in total. The SMILES string of the molecule is Cc1ccc2c(c1)OC(C)(C)CC2NC(=O)C1C[C@@H]1[C@@H](c1cccnc1)N1C(=O)CC(C)(C)N=C1N. The molecule has 2 amide bonds. The molecule has 0 radical (unpaired) electrons. The van der Waals surface area contributed by atoms with Crippen molar-refractivity contribution in [1.29, 1.82) is 0 Å². The van der Waals surface area contributed by atoms with Gasteiger partial charge in [0.25, 0.3) is 0 Å². The van der Waals surface area contributed by atoms with Gasteiger partial charge < -0.3 is 15.8 Å². The number of hydrogen-bond donors (Lipinski definition) is 2. The second kappa shape index (κ2) is 8.61. The first kappa shape index (κ1) is 24.3. The fraction of sp³-hybridized carbons (Fsp3) is 0.500. The van der Waals surface area contributed by atoms with Crippen LogP contribution in [0.25, 0.3) is 0 Å². The number of aryl methyl sites for hydroxylation is 1. The van der Waals surface area contributed by atoms with Crippen LogP contribution in [-0.4, -0.2) is 38.8 Å². The average Bonchev–Trinajstić information content (AvgIpc) is 3.55. The lowest BCUT2D eigenvalue weighted by Crippen LogP contribution is -2.52. The molecule has 3 aliphatic rings. The van der Waals surface area contributed by atoms with Crippen LogP contribution in [0.5, 0.6) is 5.75 Å². The van der Waals surface area contributed by atoms with E-state index < -0.39 is 11.1 Å². The maximum Gasteiger partial charge on any atom is 0.232 e. The molecular weight excluding hydrogens is 454 g/mol. The first-order valence-corrected chi connectivity index (χ1v) is 12.6. The minimum Gasteiger partial charge on any atom is -0.487 e. The number of rotatable bonds is 5. The highest BCUT2D eigenvalue weighted by atomic mass is 16.5. The number of nitrogens with two attached hydrogens (primary N) is 1. The van der Waals surface area contributed by atoms with Gasteiger partial charge in [0.1, 0.15) is 11.4 Å². The zero-order valence-electron chi connectivity index (χ0n) is 21.6. The normalized spacial score (nSPS) is 26.8. The fourth-order valence-corrected chi connectivity index (χ4v) is 5.65. The summed E-state index contributed by atoms with van der Waals surface area (Å²) in [5.41, 5.74) is 8.38. The Bertz CT molecular complexity index is 1220. The minimum absolute atomic E-state index is 0.0107. The number of nitrogens with zero attached hydrogens (tertiary/aromatic N) is 3. The number of fused-ring (bicyclic) bond motifs is 1. The molecule has 1 aromatic carbocycles. The zero-order valence-corrected chi connectivity index (χ0v) is 21.6.